The van der Waals surface area contributed by atoms with Gasteiger partial charge in [-0.05, 0) is 49.2 Å². The largest absolute Gasteiger partial charge is 0.494 e. The van der Waals surface area contributed by atoms with Crippen molar-refractivity contribution in [3.05, 3.63) is 59.7 Å². The smallest absolute Gasteiger partial charge is 0.234 e. The topological polar surface area (TPSA) is 51.2 Å². The molecule has 0 bridgehead atoms. The summed E-state index contributed by atoms with van der Waals surface area (Å²) in [7, 11) is 1.64. The van der Waals surface area contributed by atoms with E-state index < -0.39 is 0 Å². The summed E-state index contributed by atoms with van der Waals surface area (Å²) < 4.78 is 5.40. The van der Waals surface area contributed by atoms with Gasteiger partial charge in [0.1, 0.15) is 11.3 Å². The summed E-state index contributed by atoms with van der Waals surface area (Å²) in [5.41, 5.74) is 3.87. The van der Waals surface area contributed by atoms with Crippen LogP contribution in [0.25, 0.3) is 10.9 Å². The molecule has 0 saturated heterocycles. The molecule has 1 amide bonds. The Morgan fingerprint density at radius 2 is 1.96 bits per heavy atom. The minimum Gasteiger partial charge on any atom is -0.494 e. The highest BCUT2D eigenvalue weighted by Crippen LogP contribution is 2.29. The van der Waals surface area contributed by atoms with Gasteiger partial charge in [0, 0.05) is 11.1 Å². The molecule has 0 fully saturated rings. The van der Waals surface area contributed by atoms with Crippen LogP contribution in [0.3, 0.4) is 0 Å². The molecular weight excluding hydrogens is 332 g/mol. The standard InChI is InChI=1S/C20H20N2O2S/c1-13-6-4-7-15(10-13)21-18(23)12-25-19-11-14(2)16-8-5-9-17(24-3)20(16)22-19/h4-11H,12H2,1-3H3,(H,21,23). The summed E-state index contributed by atoms with van der Waals surface area (Å²) in [6.07, 6.45) is 0. The van der Waals surface area contributed by atoms with Crippen molar-refractivity contribution in [1.29, 1.82) is 0 Å². The maximum absolute atomic E-state index is 12.2. The van der Waals surface area contributed by atoms with Crippen LogP contribution in [0.2, 0.25) is 0 Å². The number of para-hydroxylation sites is 1. The second kappa shape index (κ2) is 7.57. The van der Waals surface area contributed by atoms with E-state index in [2.05, 4.69) is 10.3 Å². The Balaban J connectivity index is 1.73. The second-order valence-corrected chi connectivity index (χ2v) is 6.84. The number of methoxy groups -OCH3 is 1. The van der Waals surface area contributed by atoms with Crippen LogP contribution in [-0.2, 0) is 4.79 Å². The van der Waals surface area contributed by atoms with Crippen LogP contribution in [0.15, 0.2) is 53.6 Å². The lowest BCUT2D eigenvalue weighted by Gasteiger charge is -2.10. The molecule has 3 rings (SSSR count). The van der Waals surface area contributed by atoms with Crippen molar-refractivity contribution >= 4 is 34.3 Å². The monoisotopic (exact) mass is 352 g/mol. The minimum atomic E-state index is -0.0461. The summed E-state index contributed by atoms with van der Waals surface area (Å²) in [5, 5.41) is 4.79. The molecule has 0 unspecified atom stereocenters. The van der Waals surface area contributed by atoms with Gasteiger partial charge >= 0.3 is 0 Å². The predicted octanol–water partition coefficient (Wildman–Crippen LogP) is 4.59. The van der Waals surface area contributed by atoms with Gasteiger partial charge in [-0.3, -0.25) is 4.79 Å². The first-order chi connectivity index (χ1) is 12.1. The fourth-order valence-electron chi connectivity index (χ4n) is 2.66. The lowest BCUT2D eigenvalue weighted by molar-refractivity contribution is -0.113. The van der Waals surface area contributed by atoms with Crippen molar-refractivity contribution in [2.45, 2.75) is 18.9 Å². The fraction of sp³-hybridized carbons (Fsp3) is 0.200. The average Bonchev–Trinajstić information content (AvgIpc) is 2.59. The highest BCUT2D eigenvalue weighted by atomic mass is 32.2. The molecule has 0 saturated carbocycles. The van der Waals surface area contributed by atoms with E-state index in [1.807, 2.05) is 62.4 Å². The molecule has 0 spiro atoms. The third-order valence-corrected chi connectivity index (χ3v) is 4.77. The second-order valence-electron chi connectivity index (χ2n) is 5.84. The number of thioether (sulfide) groups is 1. The lowest BCUT2D eigenvalue weighted by atomic mass is 10.1. The molecule has 0 radical (unpaired) electrons. The molecule has 1 aromatic heterocycles. The quantitative estimate of drug-likeness (QED) is 0.682. The molecule has 3 aromatic rings. The van der Waals surface area contributed by atoms with Crippen LogP contribution >= 0.6 is 11.8 Å². The molecule has 1 heterocycles. The van der Waals surface area contributed by atoms with Crippen molar-refractivity contribution < 1.29 is 9.53 Å². The molecule has 0 aliphatic heterocycles. The minimum absolute atomic E-state index is 0.0461. The first kappa shape index (κ1) is 17.3. The number of nitrogens with one attached hydrogen (secondary N) is 1. The Labute approximate surface area is 151 Å². The van der Waals surface area contributed by atoms with E-state index in [1.54, 1.807) is 7.11 Å². The van der Waals surface area contributed by atoms with Crippen molar-refractivity contribution in [1.82, 2.24) is 4.98 Å². The third kappa shape index (κ3) is 4.12. The number of aryl methyl sites for hydroxylation is 2. The highest BCUT2D eigenvalue weighted by Gasteiger charge is 2.10. The fourth-order valence-corrected chi connectivity index (χ4v) is 3.43. The Hall–Kier alpha value is -2.53. The summed E-state index contributed by atoms with van der Waals surface area (Å²) >= 11 is 1.42. The van der Waals surface area contributed by atoms with Gasteiger partial charge in [0.15, 0.2) is 0 Å². The normalized spacial score (nSPS) is 10.7. The highest BCUT2D eigenvalue weighted by molar-refractivity contribution is 7.99. The number of fused-ring (bicyclic) bond motifs is 1. The molecule has 0 aliphatic rings. The van der Waals surface area contributed by atoms with Crippen LogP contribution in [-0.4, -0.2) is 23.8 Å². The Morgan fingerprint density at radius 3 is 2.72 bits per heavy atom. The number of carbonyl (C=O) groups excluding carboxylic acids is 1. The van der Waals surface area contributed by atoms with Gasteiger partial charge in [-0.1, -0.05) is 36.0 Å². The molecule has 5 heteroatoms. The first-order valence-electron chi connectivity index (χ1n) is 8.00. The molecule has 0 aliphatic carbocycles. The molecule has 0 atom stereocenters. The maximum Gasteiger partial charge on any atom is 0.234 e. The van der Waals surface area contributed by atoms with Crippen molar-refractivity contribution in [3.63, 3.8) is 0 Å². The lowest BCUT2D eigenvalue weighted by Crippen LogP contribution is -2.14. The Kier molecular flexibility index (Phi) is 5.24. The summed E-state index contributed by atoms with van der Waals surface area (Å²) in [4.78, 5) is 16.8. The number of anilines is 1. The average molecular weight is 352 g/mol. The van der Waals surface area contributed by atoms with E-state index >= 15 is 0 Å². The number of hydrogen-bond donors (Lipinski definition) is 1. The SMILES string of the molecule is COc1cccc2c(C)cc(SCC(=O)Nc3cccc(C)c3)nc12. The zero-order valence-electron chi connectivity index (χ0n) is 14.5. The van der Waals surface area contributed by atoms with Crippen molar-refractivity contribution in [2.75, 3.05) is 18.2 Å². The number of pyridine rings is 1. The van der Waals surface area contributed by atoms with E-state index in [0.29, 0.717) is 5.75 Å². The number of carbonyl (C=O) groups is 1. The summed E-state index contributed by atoms with van der Waals surface area (Å²) in [6, 6.07) is 15.7. The van der Waals surface area contributed by atoms with E-state index in [-0.39, 0.29) is 5.91 Å². The molecular formula is C20H20N2O2S. The van der Waals surface area contributed by atoms with E-state index in [9.17, 15) is 4.79 Å². The number of amides is 1. The maximum atomic E-state index is 12.2. The number of benzene rings is 2. The van der Waals surface area contributed by atoms with Gasteiger partial charge in [-0.15, -0.1) is 0 Å². The van der Waals surface area contributed by atoms with E-state index in [0.717, 1.165) is 38.5 Å². The van der Waals surface area contributed by atoms with Crippen LogP contribution in [0.5, 0.6) is 5.75 Å². The number of aromatic nitrogens is 1. The number of ether oxygens (including phenoxy) is 1. The van der Waals surface area contributed by atoms with E-state index in [4.69, 9.17) is 4.74 Å². The molecule has 1 N–H and O–H groups in total. The Morgan fingerprint density at radius 1 is 1.16 bits per heavy atom. The zero-order valence-corrected chi connectivity index (χ0v) is 15.3. The van der Waals surface area contributed by atoms with Crippen LogP contribution < -0.4 is 10.1 Å². The predicted molar refractivity (Wildman–Crippen MR) is 104 cm³/mol. The molecule has 128 valence electrons. The number of nitrogens with zero attached hydrogens (tertiary/aromatic N) is 1. The van der Waals surface area contributed by atoms with Crippen LogP contribution in [0.4, 0.5) is 5.69 Å². The summed E-state index contributed by atoms with van der Waals surface area (Å²) in [5.74, 6) is 1.00. The zero-order chi connectivity index (χ0) is 17.8. The van der Waals surface area contributed by atoms with Crippen LogP contribution in [0.1, 0.15) is 11.1 Å². The van der Waals surface area contributed by atoms with Crippen molar-refractivity contribution in [2.24, 2.45) is 0 Å². The van der Waals surface area contributed by atoms with Crippen molar-refractivity contribution in [3.8, 4) is 5.75 Å². The first-order valence-corrected chi connectivity index (χ1v) is 8.99. The third-order valence-electron chi connectivity index (χ3n) is 3.86. The number of rotatable bonds is 5. The van der Waals surface area contributed by atoms with Gasteiger partial charge in [0.2, 0.25) is 5.91 Å². The molecule has 2 aromatic carbocycles. The summed E-state index contributed by atoms with van der Waals surface area (Å²) in [6.45, 7) is 4.04. The van der Waals surface area contributed by atoms with Crippen LogP contribution in [0, 0.1) is 13.8 Å². The molecule has 25 heavy (non-hydrogen) atoms. The molecule has 4 nitrogen and oxygen atoms in total. The van der Waals surface area contributed by atoms with Gasteiger partial charge in [-0.25, -0.2) is 4.98 Å². The number of hydrogen-bond acceptors (Lipinski definition) is 4. The van der Waals surface area contributed by atoms with Gasteiger partial charge < -0.3 is 10.1 Å². The van der Waals surface area contributed by atoms with Gasteiger partial charge in [0.25, 0.3) is 0 Å². The van der Waals surface area contributed by atoms with Gasteiger partial charge in [0.05, 0.1) is 17.9 Å². The van der Waals surface area contributed by atoms with Gasteiger partial charge in [-0.2, -0.15) is 0 Å². The van der Waals surface area contributed by atoms with E-state index in [1.165, 1.54) is 11.8 Å². The Bertz CT molecular complexity index is 925.